The molecule has 128 valence electrons. The van der Waals surface area contributed by atoms with Gasteiger partial charge in [-0.15, -0.1) is 0 Å². The number of nitrogens with one attached hydrogen (secondary N) is 1. The number of aryl methyl sites for hydroxylation is 1. The highest BCUT2D eigenvalue weighted by Crippen LogP contribution is 2.13. The molecule has 0 aliphatic carbocycles. The van der Waals surface area contributed by atoms with Crippen molar-refractivity contribution in [3.05, 3.63) is 30.3 Å². The van der Waals surface area contributed by atoms with Gasteiger partial charge in [-0.05, 0) is 19.1 Å². The molecule has 9 nitrogen and oxygen atoms in total. The van der Waals surface area contributed by atoms with Gasteiger partial charge in [0.05, 0.1) is 6.61 Å². The van der Waals surface area contributed by atoms with Crippen LogP contribution in [0, 0.1) is 0 Å². The molecule has 0 saturated heterocycles. The number of amides is 1. The van der Waals surface area contributed by atoms with Gasteiger partial charge < -0.3 is 19.7 Å². The summed E-state index contributed by atoms with van der Waals surface area (Å²) in [5, 5.41) is 15.4. The highest BCUT2D eigenvalue weighted by molar-refractivity contribution is 5.86. The molecule has 0 aromatic carbocycles. The van der Waals surface area contributed by atoms with Crippen molar-refractivity contribution in [2.24, 2.45) is 0 Å². The monoisotopic (exact) mass is 334 g/mol. The van der Waals surface area contributed by atoms with Crippen molar-refractivity contribution in [2.45, 2.75) is 25.3 Å². The summed E-state index contributed by atoms with van der Waals surface area (Å²) in [5.74, 6) is -1.02. The quantitative estimate of drug-likeness (QED) is 0.721. The number of carboxylic acid groups (broad SMARTS) is 1. The molecular weight excluding hydrogens is 316 g/mol. The van der Waals surface area contributed by atoms with Crippen LogP contribution < -0.4 is 5.32 Å². The number of ether oxygens (including phenoxy) is 1. The number of hydrogen-bond donors (Lipinski definition) is 2. The van der Waals surface area contributed by atoms with Crippen LogP contribution in [0.15, 0.2) is 28.9 Å². The van der Waals surface area contributed by atoms with Crippen molar-refractivity contribution >= 4 is 11.9 Å². The van der Waals surface area contributed by atoms with Gasteiger partial charge in [-0.25, -0.2) is 4.79 Å². The van der Waals surface area contributed by atoms with Crippen molar-refractivity contribution < 1.29 is 24.0 Å². The Bertz CT molecular complexity index is 703. The van der Waals surface area contributed by atoms with E-state index >= 15 is 0 Å². The lowest BCUT2D eigenvalue weighted by atomic mass is 10.0. The Kier molecular flexibility index (Phi) is 5.59. The number of hydrogen-bond acceptors (Lipinski definition) is 7. The molecule has 9 heteroatoms. The molecule has 0 bridgehead atoms. The smallest absolute Gasteiger partial charge is 0.331 e. The third-order valence-electron chi connectivity index (χ3n) is 3.25. The standard InChI is InChI=1S/C15H18N4O5/c1-15(9-23-2,14(21)22)18-11(20)6-7-12-17-13(19-24-12)10-5-3-4-8-16-10/h3-5,8H,6-7,9H2,1-2H3,(H,18,20)(H,21,22). The number of aliphatic carboxylic acids is 1. The average Bonchev–Trinajstić information content (AvgIpc) is 3.03. The van der Waals surface area contributed by atoms with Crippen LogP contribution in [0.5, 0.6) is 0 Å². The molecule has 1 atom stereocenters. The van der Waals surface area contributed by atoms with E-state index in [1.165, 1.54) is 14.0 Å². The lowest BCUT2D eigenvalue weighted by molar-refractivity contribution is -0.149. The van der Waals surface area contributed by atoms with Crippen LogP contribution in [0.25, 0.3) is 11.5 Å². The molecule has 2 heterocycles. The molecule has 2 rings (SSSR count). The number of pyridine rings is 1. The van der Waals surface area contributed by atoms with Crippen molar-refractivity contribution in [1.82, 2.24) is 20.4 Å². The Hall–Kier alpha value is -2.81. The summed E-state index contributed by atoms with van der Waals surface area (Å²) in [7, 11) is 1.37. The second kappa shape index (κ2) is 7.64. The van der Waals surface area contributed by atoms with E-state index in [0.29, 0.717) is 11.5 Å². The minimum absolute atomic E-state index is 0.0104. The van der Waals surface area contributed by atoms with Crippen molar-refractivity contribution in [2.75, 3.05) is 13.7 Å². The van der Waals surface area contributed by atoms with Gasteiger partial charge in [-0.2, -0.15) is 4.98 Å². The van der Waals surface area contributed by atoms with Crippen molar-refractivity contribution in [3.8, 4) is 11.5 Å². The molecule has 24 heavy (non-hydrogen) atoms. The predicted octanol–water partition coefficient (Wildman–Crippen LogP) is 0.670. The second-order valence-electron chi connectivity index (χ2n) is 5.35. The van der Waals surface area contributed by atoms with Gasteiger partial charge in [0.2, 0.25) is 17.6 Å². The lowest BCUT2D eigenvalue weighted by Crippen LogP contribution is -2.55. The first-order valence-corrected chi connectivity index (χ1v) is 7.22. The number of nitrogens with zero attached hydrogens (tertiary/aromatic N) is 3. The number of methoxy groups -OCH3 is 1. The molecule has 2 aromatic rings. The minimum Gasteiger partial charge on any atom is -0.479 e. The van der Waals surface area contributed by atoms with E-state index in [2.05, 4.69) is 20.4 Å². The maximum absolute atomic E-state index is 12.0. The fourth-order valence-electron chi connectivity index (χ4n) is 1.99. The predicted molar refractivity (Wildman–Crippen MR) is 81.9 cm³/mol. The number of carboxylic acids is 1. The summed E-state index contributed by atoms with van der Waals surface area (Å²) < 4.78 is 9.91. The van der Waals surface area contributed by atoms with Crippen LogP contribution in [-0.4, -0.2) is 51.4 Å². The molecule has 0 saturated carbocycles. The maximum atomic E-state index is 12.0. The van der Waals surface area contributed by atoms with E-state index < -0.39 is 17.4 Å². The van der Waals surface area contributed by atoms with E-state index in [9.17, 15) is 14.7 Å². The van der Waals surface area contributed by atoms with Crippen LogP contribution in [0.3, 0.4) is 0 Å². The maximum Gasteiger partial charge on any atom is 0.331 e. The Labute approximate surface area is 138 Å². The normalized spacial score (nSPS) is 13.2. The van der Waals surface area contributed by atoms with Gasteiger partial charge in [0.15, 0.2) is 5.54 Å². The molecule has 0 aliphatic heterocycles. The first-order valence-electron chi connectivity index (χ1n) is 7.22. The minimum atomic E-state index is -1.49. The van der Waals surface area contributed by atoms with Gasteiger partial charge in [-0.3, -0.25) is 9.78 Å². The molecule has 1 amide bonds. The first-order chi connectivity index (χ1) is 11.4. The summed E-state index contributed by atoms with van der Waals surface area (Å²) in [6.45, 7) is 1.24. The Balaban J connectivity index is 1.93. The molecular formula is C15H18N4O5. The van der Waals surface area contributed by atoms with Gasteiger partial charge in [0.1, 0.15) is 5.69 Å². The fourth-order valence-corrected chi connectivity index (χ4v) is 1.99. The van der Waals surface area contributed by atoms with E-state index in [0.717, 1.165) is 0 Å². The summed E-state index contributed by atoms with van der Waals surface area (Å²) in [4.78, 5) is 31.5. The van der Waals surface area contributed by atoms with Crippen LogP contribution in [-0.2, 0) is 20.7 Å². The second-order valence-corrected chi connectivity index (χ2v) is 5.35. The zero-order valence-electron chi connectivity index (χ0n) is 13.4. The number of aromatic nitrogens is 3. The summed E-state index contributed by atoms with van der Waals surface area (Å²) in [6.07, 6.45) is 1.81. The first kappa shape index (κ1) is 17.5. The van der Waals surface area contributed by atoms with Crippen LogP contribution in [0.2, 0.25) is 0 Å². The molecule has 2 aromatic heterocycles. The van der Waals surface area contributed by atoms with E-state index in [1.807, 2.05) is 0 Å². The number of carbonyl (C=O) groups is 2. The molecule has 0 aliphatic rings. The third-order valence-corrected chi connectivity index (χ3v) is 3.25. The van der Waals surface area contributed by atoms with Gasteiger partial charge in [-0.1, -0.05) is 11.2 Å². The largest absolute Gasteiger partial charge is 0.479 e. The summed E-state index contributed by atoms with van der Waals surface area (Å²) >= 11 is 0. The van der Waals surface area contributed by atoms with Gasteiger partial charge in [0, 0.05) is 26.1 Å². The Morgan fingerprint density at radius 3 is 2.83 bits per heavy atom. The number of carbonyl (C=O) groups excluding carboxylic acids is 1. The molecule has 0 fully saturated rings. The van der Waals surface area contributed by atoms with Crippen LogP contribution in [0.4, 0.5) is 0 Å². The number of rotatable bonds is 8. The van der Waals surface area contributed by atoms with Gasteiger partial charge in [0.25, 0.3) is 0 Å². The Morgan fingerprint density at radius 2 is 2.21 bits per heavy atom. The zero-order valence-corrected chi connectivity index (χ0v) is 13.4. The van der Waals surface area contributed by atoms with Crippen LogP contribution in [0.1, 0.15) is 19.2 Å². The molecule has 1 unspecified atom stereocenters. The van der Waals surface area contributed by atoms with Gasteiger partial charge >= 0.3 is 5.97 Å². The summed E-state index contributed by atoms with van der Waals surface area (Å²) in [6, 6.07) is 5.31. The third kappa shape index (κ3) is 4.35. The molecule has 0 radical (unpaired) electrons. The summed E-state index contributed by atoms with van der Waals surface area (Å²) in [5.41, 5.74) is -0.921. The van der Waals surface area contributed by atoms with E-state index in [-0.39, 0.29) is 25.3 Å². The SMILES string of the molecule is COCC(C)(NC(=O)CCc1nc(-c2ccccn2)no1)C(=O)O. The Morgan fingerprint density at radius 1 is 1.42 bits per heavy atom. The highest BCUT2D eigenvalue weighted by atomic mass is 16.5. The molecule has 2 N–H and O–H groups in total. The zero-order chi connectivity index (χ0) is 17.6. The van der Waals surface area contributed by atoms with Crippen LogP contribution >= 0.6 is 0 Å². The highest BCUT2D eigenvalue weighted by Gasteiger charge is 2.34. The van der Waals surface area contributed by atoms with Crippen molar-refractivity contribution in [1.29, 1.82) is 0 Å². The average molecular weight is 334 g/mol. The van der Waals surface area contributed by atoms with E-state index in [1.54, 1.807) is 24.4 Å². The topological polar surface area (TPSA) is 127 Å². The van der Waals surface area contributed by atoms with Crippen molar-refractivity contribution in [3.63, 3.8) is 0 Å². The molecule has 0 spiro atoms. The van der Waals surface area contributed by atoms with E-state index in [4.69, 9.17) is 9.26 Å². The fraction of sp³-hybridized carbons (Fsp3) is 0.400. The lowest BCUT2D eigenvalue weighted by Gasteiger charge is -2.25.